The first-order valence-corrected chi connectivity index (χ1v) is 11.8. The molecule has 174 valence electrons. The van der Waals surface area contributed by atoms with Crippen molar-refractivity contribution in [2.24, 2.45) is 0 Å². The zero-order chi connectivity index (χ0) is 22.2. The van der Waals surface area contributed by atoms with Crippen molar-refractivity contribution in [2.45, 2.75) is 90.1 Å². The summed E-state index contributed by atoms with van der Waals surface area (Å²) in [5, 5.41) is 15.1. The van der Waals surface area contributed by atoms with Gasteiger partial charge in [-0.3, -0.25) is 9.47 Å². The Hall–Kier alpha value is -2.00. The van der Waals surface area contributed by atoms with Crippen molar-refractivity contribution in [1.29, 1.82) is 0 Å². The van der Waals surface area contributed by atoms with Crippen molar-refractivity contribution in [1.82, 2.24) is 19.2 Å². The van der Waals surface area contributed by atoms with E-state index in [1.165, 1.54) is 21.4 Å². The van der Waals surface area contributed by atoms with Crippen LogP contribution in [0.1, 0.15) is 48.2 Å². The molecule has 3 aliphatic rings. The highest BCUT2D eigenvalue weighted by Gasteiger charge is 2.41. The van der Waals surface area contributed by atoms with Crippen LogP contribution in [-0.2, 0) is 35.8 Å². The number of hydrogen-bond acceptors (Lipinski definition) is 6. The number of benzene rings is 1. The first-order valence-electron chi connectivity index (χ1n) is 11.8. The Bertz CT molecular complexity index is 982. The highest BCUT2D eigenvalue weighted by atomic mass is 16.5. The molecule has 1 aromatic heterocycles. The van der Waals surface area contributed by atoms with Crippen molar-refractivity contribution < 1.29 is 14.6 Å². The molecule has 5 rings (SSSR count). The highest BCUT2D eigenvalue weighted by Crippen LogP contribution is 2.37. The van der Waals surface area contributed by atoms with Gasteiger partial charge >= 0.3 is 5.69 Å². The van der Waals surface area contributed by atoms with Gasteiger partial charge < -0.3 is 14.6 Å². The minimum absolute atomic E-state index is 0.149. The van der Waals surface area contributed by atoms with E-state index in [4.69, 9.17) is 9.47 Å². The number of aryl methyl sites for hydroxylation is 2. The fraction of sp³-hybridized carbons (Fsp3) is 0.667. The number of fused-ring (bicyclic) bond motifs is 3. The molecule has 0 radical (unpaired) electrons. The summed E-state index contributed by atoms with van der Waals surface area (Å²) in [4.78, 5) is 15.0. The van der Waals surface area contributed by atoms with E-state index in [1.54, 1.807) is 4.57 Å². The lowest BCUT2D eigenvalue weighted by Crippen LogP contribution is -2.49. The molecule has 2 aromatic rings. The van der Waals surface area contributed by atoms with Gasteiger partial charge in [0.1, 0.15) is 6.61 Å². The molecule has 0 aliphatic carbocycles. The van der Waals surface area contributed by atoms with E-state index in [9.17, 15) is 9.90 Å². The molecular weight excluding hydrogens is 408 g/mol. The second kappa shape index (κ2) is 9.09. The Balaban J connectivity index is 1.17. The van der Waals surface area contributed by atoms with Gasteiger partial charge in [0.25, 0.3) is 0 Å². The Labute approximate surface area is 188 Å². The van der Waals surface area contributed by atoms with Crippen LogP contribution >= 0.6 is 0 Å². The van der Waals surface area contributed by atoms with Crippen LogP contribution in [0.5, 0.6) is 0 Å². The zero-order valence-corrected chi connectivity index (χ0v) is 19.1. The maximum atomic E-state index is 12.5. The topological polar surface area (TPSA) is 81.8 Å². The van der Waals surface area contributed by atoms with E-state index < -0.39 is 6.10 Å². The number of nitrogens with zero attached hydrogens (tertiary/aromatic N) is 4. The van der Waals surface area contributed by atoms with E-state index in [2.05, 4.69) is 42.0 Å². The molecule has 0 amide bonds. The van der Waals surface area contributed by atoms with Gasteiger partial charge in [-0.1, -0.05) is 18.2 Å². The molecule has 0 spiro atoms. The average Bonchev–Trinajstić information content (AvgIpc) is 3.19. The van der Waals surface area contributed by atoms with Gasteiger partial charge in [-0.15, -0.1) is 0 Å². The van der Waals surface area contributed by atoms with Crippen molar-refractivity contribution in [2.75, 3.05) is 13.2 Å². The van der Waals surface area contributed by atoms with Gasteiger partial charge in [0.05, 0.1) is 38.5 Å². The lowest BCUT2D eigenvalue weighted by Gasteiger charge is -2.39. The Kier molecular flexibility index (Phi) is 6.20. The molecule has 2 saturated heterocycles. The standard InChI is InChI=1S/C24H34N4O4/c1-16-4-3-5-17(2)22(16)14-32-21-10-18-6-7-19(11-21)27(18)12-20(29)13-28-24(30)26-8-9-31-15-23(26)25-28/h3-5,18-21,29H,6-15H2,1-2H3. The smallest absolute Gasteiger partial charge is 0.346 e. The molecule has 3 unspecified atom stereocenters. The van der Waals surface area contributed by atoms with Crippen LogP contribution in [0.4, 0.5) is 0 Å². The zero-order valence-electron chi connectivity index (χ0n) is 19.1. The van der Waals surface area contributed by atoms with Crippen LogP contribution in [0.25, 0.3) is 0 Å². The molecule has 2 bridgehead atoms. The van der Waals surface area contributed by atoms with Crippen LogP contribution in [-0.4, -0.2) is 61.8 Å². The van der Waals surface area contributed by atoms with Crippen molar-refractivity contribution >= 4 is 0 Å². The number of aliphatic hydroxyl groups is 1. The molecule has 4 heterocycles. The normalized spacial score (nSPS) is 26.3. The number of ether oxygens (including phenoxy) is 2. The second-order valence-corrected chi connectivity index (χ2v) is 9.60. The number of hydrogen-bond donors (Lipinski definition) is 1. The summed E-state index contributed by atoms with van der Waals surface area (Å²) >= 11 is 0. The Morgan fingerprint density at radius 3 is 2.59 bits per heavy atom. The van der Waals surface area contributed by atoms with Crippen LogP contribution in [0.2, 0.25) is 0 Å². The SMILES string of the molecule is Cc1cccc(C)c1COC1CC2CCC(C1)N2CC(O)Cn1nc2n(c1=O)CCOC2. The van der Waals surface area contributed by atoms with E-state index in [1.807, 2.05) is 0 Å². The first kappa shape index (κ1) is 21.8. The molecule has 1 N–H and O–H groups in total. The monoisotopic (exact) mass is 442 g/mol. The Morgan fingerprint density at radius 1 is 1.19 bits per heavy atom. The van der Waals surface area contributed by atoms with Crippen molar-refractivity contribution in [3.05, 3.63) is 51.2 Å². The molecule has 3 aliphatic heterocycles. The van der Waals surface area contributed by atoms with Crippen LogP contribution < -0.4 is 5.69 Å². The molecule has 32 heavy (non-hydrogen) atoms. The van der Waals surface area contributed by atoms with E-state index >= 15 is 0 Å². The lowest BCUT2D eigenvalue weighted by molar-refractivity contribution is -0.0405. The predicted molar refractivity (Wildman–Crippen MR) is 119 cm³/mol. The predicted octanol–water partition coefficient (Wildman–Crippen LogP) is 1.76. The third-order valence-electron chi connectivity index (χ3n) is 7.44. The van der Waals surface area contributed by atoms with Gasteiger partial charge in [0.2, 0.25) is 0 Å². The van der Waals surface area contributed by atoms with E-state index in [0.717, 1.165) is 25.7 Å². The quantitative estimate of drug-likeness (QED) is 0.704. The fourth-order valence-corrected chi connectivity index (χ4v) is 5.69. The average molecular weight is 443 g/mol. The summed E-state index contributed by atoms with van der Waals surface area (Å²) in [6.45, 7) is 7.18. The van der Waals surface area contributed by atoms with Gasteiger partial charge in [-0.25, -0.2) is 9.48 Å². The van der Waals surface area contributed by atoms with Gasteiger partial charge in [-0.05, 0) is 56.2 Å². The minimum atomic E-state index is -0.624. The van der Waals surface area contributed by atoms with E-state index in [0.29, 0.717) is 50.8 Å². The van der Waals surface area contributed by atoms with Crippen LogP contribution in [0, 0.1) is 13.8 Å². The van der Waals surface area contributed by atoms with Crippen LogP contribution in [0.15, 0.2) is 23.0 Å². The molecule has 2 fully saturated rings. The minimum Gasteiger partial charge on any atom is -0.390 e. The summed E-state index contributed by atoms with van der Waals surface area (Å²) in [6, 6.07) is 7.26. The molecule has 0 saturated carbocycles. The third kappa shape index (κ3) is 4.29. The summed E-state index contributed by atoms with van der Waals surface area (Å²) in [5.41, 5.74) is 3.73. The number of rotatable bonds is 7. The Morgan fingerprint density at radius 2 is 1.91 bits per heavy atom. The third-order valence-corrected chi connectivity index (χ3v) is 7.44. The number of aliphatic hydroxyl groups excluding tert-OH is 1. The molecular formula is C24H34N4O4. The summed E-state index contributed by atoms with van der Waals surface area (Å²) in [6.07, 6.45) is 3.95. The molecule has 8 heteroatoms. The largest absolute Gasteiger partial charge is 0.390 e. The number of piperidine rings is 1. The van der Waals surface area contributed by atoms with Gasteiger partial charge in [-0.2, -0.15) is 5.10 Å². The van der Waals surface area contributed by atoms with Gasteiger partial charge in [0, 0.05) is 18.6 Å². The van der Waals surface area contributed by atoms with Crippen molar-refractivity contribution in [3.63, 3.8) is 0 Å². The summed E-state index contributed by atoms with van der Waals surface area (Å²) in [5.74, 6) is 0.648. The molecule has 3 atom stereocenters. The summed E-state index contributed by atoms with van der Waals surface area (Å²) < 4.78 is 14.8. The summed E-state index contributed by atoms with van der Waals surface area (Å²) in [7, 11) is 0. The highest BCUT2D eigenvalue weighted by molar-refractivity contribution is 5.32. The maximum absolute atomic E-state index is 12.5. The molecule has 1 aromatic carbocycles. The molecule has 8 nitrogen and oxygen atoms in total. The maximum Gasteiger partial charge on any atom is 0.346 e. The van der Waals surface area contributed by atoms with Gasteiger partial charge in [0.15, 0.2) is 5.82 Å². The van der Waals surface area contributed by atoms with Crippen LogP contribution in [0.3, 0.4) is 0 Å². The lowest BCUT2D eigenvalue weighted by atomic mass is 9.98. The first-order chi connectivity index (χ1) is 15.5. The fourth-order valence-electron chi connectivity index (χ4n) is 5.69. The second-order valence-electron chi connectivity index (χ2n) is 9.60. The number of aromatic nitrogens is 3. The van der Waals surface area contributed by atoms with Crippen molar-refractivity contribution in [3.8, 4) is 0 Å². The van der Waals surface area contributed by atoms with E-state index in [-0.39, 0.29) is 18.3 Å².